The number of H-pyrrole nitrogens is 1. The van der Waals surface area contributed by atoms with Crippen molar-refractivity contribution in [3.63, 3.8) is 0 Å². The zero-order valence-corrected chi connectivity index (χ0v) is 13.9. The van der Waals surface area contributed by atoms with Gasteiger partial charge in [-0.25, -0.2) is 4.98 Å². The quantitative estimate of drug-likeness (QED) is 0.924. The maximum atomic E-state index is 12.2. The molecule has 0 atom stereocenters. The molecular weight excluding hydrogens is 332 g/mol. The number of hydrogen-bond donors (Lipinski definition) is 1. The lowest BCUT2D eigenvalue weighted by molar-refractivity contribution is 0.688. The molecule has 6 heteroatoms. The van der Waals surface area contributed by atoms with E-state index in [4.69, 9.17) is 4.98 Å². The summed E-state index contributed by atoms with van der Waals surface area (Å²) in [6.07, 6.45) is 7.39. The van der Waals surface area contributed by atoms with Crippen LogP contribution in [0.15, 0.2) is 15.5 Å². The Morgan fingerprint density at radius 1 is 1.43 bits per heavy atom. The Balaban J connectivity index is 2.13. The van der Waals surface area contributed by atoms with Gasteiger partial charge in [0.1, 0.15) is 10.3 Å². The van der Waals surface area contributed by atoms with Crippen LogP contribution in [0.25, 0.3) is 11.4 Å². The van der Waals surface area contributed by atoms with Crippen LogP contribution in [0.5, 0.6) is 0 Å². The third kappa shape index (κ3) is 2.69. The van der Waals surface area contributed by atoms with Crippen LogP contribution in [0.2, 0.25) is 0 Å². The largest absolute Gasteiger partial charge is 0.305 e. The van der Waals surface area contributed by atoms with Gasteiger partial charge in [0.15, 0.2) is 0 Å². The van der Waals surface area contributed by atoms with Gasteiger partial charge in [-0.2, -0.15) is 5.10 Å². The number of aromatic nitrogens is 4. The van der Waals surface area contributed by atoms with Crippen LogP contribution < -0.4 is 5.56 Å². The van der Waals surface area contributed by atoms with Gasteiger partial charge in [-0.05, 0) is 35.2 Å². The topological polar surface area (TPSA) is 63.6 Å². The van der Waals surface area contributed by atoms with Crippen molar-refractivity contribution in [2.75, 3.05) is 0 Å². The Morgan fingerprint density at radius 3 is 2.81 bits per heavy atom. The zero-order chi connectivity index (χ0) is 15.0. The van der Waals surface area contributed by atoms with E-state index in [1.165, 1.54) is 12.8 Å². The Morgan fingerprint density at radius 2 is 2.14 bits per heavy atom. The molecule has 0 unspecified atom stereocenters. The van der Waals surface area contributed by atoms with Crippen LogP contribution in [0.4, 0.5) is 0 Å². The van der Waals surface area contributed by atoms with E-state index < -0.39 is 0 Å². The molecule has 2 heterocycles. The van der Waals surface area contributed by atoms with E-state index in [2.05, 4.69) is 32.9 Å². The standard InChI is InChI=1S/C15H19BrN4O/c1-3-11-10(8-20(2)19-11)14-17-13(9-6-4-5-7-9)12(16)15(21)18-14/h8-9H,3-7H2,1-2H3,(H,17,18,21). The molecule has 1 N–H and O–H groups in total. The highest BCUT2D eigenvalue weighted by molar-refractivity contribution is 9.10. The number of aryl methyl sites for hydroxylation is 2. The Labute approximate surface area is 131 Å². The fraction of sp³-hybridized carbons (Fsp3) is 0.533. The van der Waals surface area contributed by atoms with Crippen LogP contribution in [-0.4, -0.2) is 19.7 Å². The van der Waals surface area contributed by atoms with Crippen molar-refractivity contribution in [1.82, 2.24) is 19.7 Å². The van der Waals surface area contributed by atoms with Gasteiger partial charge in [0.2, 0.25) is 0 Å². The lowest BCUT2D eigenvalue weighted by Crippen LogP contribution is -2.15. The van der Waals surface area contributed by atoms with E-state index >= 15 is 0 Å². The predicted molar refractivity (Wildman–Crippen MR) is 85.3 cm³/mol. The minimum Gasteiger partial charge on any atom is -0.305 e. The number of nitrogens with one attached hydrogen (secondary N) is 1. The average molecular weight is 351 g/mol. The van der Waals surface area contributed by atoms with Gasteiger partial charge in [0.05, 0.1) is 17.0 Å². The highest BCUT2D eigenvalue weighted by atomic mass is 79.9. The van der Waals surface area contributed by atoms with Crippen molar-refractivity contribution >= 4 is 15.9 Å². The fourth-order valence-electron chi connectivity index (χ4n) is 3.07. The molecule has 2 aromatic heterocycles. The first-order valence-electron chi connectivity index (χ1n) is 7.42. The third-order valence-electron chi connectivity index (χ3n) is 4.13. The predicted octanol–water partition coefficient (Wildman–Crippen LogP) is 3.15. The first kappa shape index (κ1) is 14.5. The zero-order valence-electron chi connectivity index (χ0n) is 12.3. The smallest absolute Gasteiger partial charge is 0.265 e. The maximum Gasteiger partial charge on any atom is 0.265 e. The number of hydrogen-bond acceptors (Lipinski definition) is 3. The Bertz CT molecular complexity index is 713. The molecule has 1 aliphatic carbocycles. The summed E-state index contributed by atoms with van der Waals surface area (Å²) < 4.78 is 2.35. The third-order valence-corrected chi connectivity index (χ3v) is 4.89. The molecule has 1 fully saturated rings. The Hall–Kier alpha value is -1.43. The SMILES string of the molecule is CCc1nn(C)cc1-c1nc(C2CCCC2)c(Br)c(=O)[nH]1. The summed E-state index contributed by atoms with van der Waals surface area (Å²) >= 11 is 3.41. The number of halogens is 1. The molecule has 0 bridgehead atoms. The summed E-state index contributed by atoms with van der Waals surface area (Å²) in [6.45, 7) is 2.06. The van der Waals surface area contributed by atoms with Crippen LogP contribution in [0.3, 0.4) is 0 Å². The van der Waals surface area contributed by atoms with E-state index in [0.717, 1.165) is 36.2 Å². The highest BCUT2D eigenvalue weighted by Gasteiger charge is 2.24. The molecule has 5 nitrogen and oxygen atoms in total. The van der Waals surface area contributed by atoms with Gasteiger partial charge >= 0.3 is 0 Å². The molecule has 0 aliphatic heterocycles. The molecule has 0 spiro atoms. The highest BCUT2D eigenvalue weighted by Crippen LogP contribution is 2.36. The summed E-state index contributed by atoms with van der Waals surface area (Å²) in [6, 6.07) is 0. The van der Waals surface area contributed by atoms with Crippen molar-refractivity contribution in [2.45, 2.75) is 44.9 Å². The van der Waals surface area contributed by atoms with Crippen LogP contribution in [0.1, 0.15) is 49.9 Å². The molecule has 1 saturated carbocycles. The van der Waals surface area contributed by atoms with Crippen molar-refractivity contribution in [2.24, 2.45) is 7.05 Å². The average Bonchev–Trinajstić information content (AvgIpc) is 3.10. The molecule has 1 aliphatic rings. The van der Waals surface area contributed by atoms with Crippen molar-refractivity contribution < 1.29 is 0 Å². The lowest BCUT2D eigenvalue weighted by Gasteiger charge is -2.12. The number of rotatable bonds is 3. The molecule has 0 saturated heterocycles. The molecule has 112 valence electrons. The summed E-state index contributed by atoms with van der Waals surface area (Å²) in [5, 5.41) is 4.43. The molecule has 2 aromatic rings. The fourth-order valence-corrected chi connectivity index (χ4v) is 3.58. The number of nitrogens with zero attached hydrogens (tertiary/aromatic N) is 3. The molecule has 0 amide bonds. The second kappa shape index (κ2) is 5.75. The summed E-state index contributed by atoms with van der Waals surface area (Å²) in [7, 11) is 1.89. The van der Waals surface area contributed by atoms with E-state index in [9.17, 15) is 4.79 Å². The van der Waals surface area contributed by atoms with E-state index in [1.807, 2.05) is 13.2 Å². The minimum absolute atomic E-state index is 0.104. The van der Waals surface area contributed by atoms with Crippen LogP contribution in [0, 0.1) is 0 Å². The Kier molecular flexibility index (Phi) is 3.97. The molecule has 21 heavy (non-hydrogen) atoms. The lowest BCUT2D eigenvalue weighted by atomic mass is 10.0. The van der Waals surface area contributed by atoms with Gasteiger partial charge in [0.25, 0.3) is 5.56 Å². The number of aromatic amines is 1. The van der Waals surface area contributed by atoms with E-state index in [0.29, 0.717) is 16.2 Å². The van der Waals surface area contributed by atoms with Crippen LogP contribution in [-0.2, 0) is 13.5 Å². The van der Waals surface area contributed by atoms with Gasteiger partial charge < -0.3 is 4.98 Å². The summed E-state index contributed by atoms with van der Waals surface area (Å²) in [5.74, 6) is 1.03. The van der Waals surface area contributed by atoms with Gasteiger partial charge in [-0.3, -0.25) is 9.48 Å². The van der Waals surface area contributed by atoms with Crippen LogP contribution >= 0.6 is 15.9 Å². The van der Waals surface area contributed by atoms with E-state index in [1.54, 1.807) is 4.68 Å². The molecule has 0 aromatic carbocycles. The minimum atomic E-state index is -0.104. The molecule has 3 rings (SSSR count). The van der Waals surface area contributed by atoms with Gasteiger partial charge in [-0.15, -0.1) is 0 Å². The summed E-state index contributed by atoms with van der Waals surface area (Å²) in [5.41, 5.74) is 2.68. The second-order valence-electron chi connectivity index (χ2n) is 5.61. The van der Waals surface area contributed by atoms with Crippen molar-refractivity contribution in [3.8, 4) is 11.4 Å². The first-order valence-corrected chi connectivity index (χ1v) is 8.22. The van der Waals surface area contributed by atoms with E-state index in [-0.39, 0.29) is 5.56 Å². The monoisotopic (exact) mass is 350 g/mol. The van der Waals surface area contributed by atoms with Crippen molar-refractivity contribution in [3.05, 3.63) is 32.4 Å². The van der Waals surface area contributed by atoms with Gasteiger partial charge in [0, 0.05) is 19.2 Å². The molecular formula is C15H19BrN4O. The second-order valence-corrected chi connectivity index (χ2v) is 6.40. The normalized spacial score (nSPS) is 15.8. The first-order chi connectivity index (χ1) is 10.1. The maximum absolute atomic E-state index is 12.2. The van der Waals surface area contributed by atoms with Crippen molar-refractivity contribution in [1.29, 1.82) is 0 Å². The van der Waals surface area contributed by atoms with Gasteiger partial charge in [-0.1, -0.05) is 19.8 Å². The summed E-state index contributed by atoms with van der Waals surface area (Å²) in [4.78, 5) is 19.9. The molecule has 0 radical (unpaired) electrons.